The van der Waals surface area contributed by atoms with Crippen LogP contribution in [-0.4, -0.2) is 119 Å². The Morgan fingerprint density at radius 2 is 0.844 bits per heavy atom. The zero-order valence-corrected chi connectivity index (χ0v) is 47.7. The van der Waals surface area contributed by atoms with E-state index in [0.29, 0.717) is 61.4 Å². The van der Waals surface area contributed by atoms with E-state index in [1.165, 1.54) is 21.8 Å². The maximum absolute atomic E-state index is 12.7. The van der Waals surface area contributed by atoms with Crippen molar-refractivity contribution in [2.45, 2.75) is 96.3 Å². The summed E-state index contributed by atoms with van der Waals surface area (Å²) in [6, 6.07) is -0.190. The van der Waals surface area contributed by atoms with E-state index in [1.807, 2.05) is 0 Å². The van der Waals surface area contributed by atoms with Gasteiger partial charge in [-0.3, -0.25) is 42.5 Å². The van der Waals surface area contributed by atoms with Crippen LogP contribution in [0.4, 0.5) is 22.4 Å². The molecule has 3 aromatic rings. The molecule has 12 aliphatic carbocycles. The molecule has 0 spiro atoms. The Hall–Kier alpha value is -4.16. The van der Waals surface area contributed by atoms with Crippen molar-refractivity contribution in [1.29, 1.82) is 0 Å². The quantitative estimate of drug-likeness (QED) is 0.126. The van der Waals surface area contributed by atoms with Crippen LogP contribution in [0.5, 0.6) is 0 Å². The summed E-state index contributed by atoms with van der Waals surface area (Å²) < 4.78 is 105. The molecule has 15 rings (SSSR count). The first-order chi connectivity index (χ1) is 35.4. The van der Waals surface area contributed by atoms with Crippen LogP contribution < -0.4 is 59.1 Å². The van der Waals surface area contributed by atoms with Crippen molar-refractivity contribution in [1.82, 2.24) is 28.7 Å². The van der Waals surface area contributed by atoms with E-state index in [9.17, 15) is 56.2 Å². The summed E-state index contributed by atoms with van der Waals surface area (Å²) in [4.78, 5) is 94.6. The third kappa shape index (κ3) is 16.3. The van der Waals surface area contributed by atoms with Gasteiger partial charge in [0, 0.05) is 92.1 Å². The molecule has 12 aliphatic rings. The number of carbonyl (C=O) groups is 7. The number of rotatable bonds is 6. The summed E-state index contributed by atoms with van der Waals surface area (Å²) in [7, 11) is -6.22. The summed E-state index contributed by atoms with van der Waals surface area (Å²) >= 11 is 0. The van der Waals surface area contributed by atoms with E-state index in [1.54, 1.807) is 48.1 Å². The second-order valence-electron chi connectivity index (χ2n) is 20.7. The number of aromatic nitrogens is 6. The first kappa shape index (κ1) is 65.4. The number of halogens is 4. The molecular weight excluding hydrogens is 1090 g/mol. The summed E-state index contributed by atoms with van der Waals surface area (Å²) in [5.41, 5.74) is -1.45. The van der Waals surface area contributed by atoms with Crippen LogP contribution in [-0.2, 0) is 49.9 Å². The molecule has 2 N–H and O–H groups in total. The fourth-order valence-electron chi connectivity index (χ4n) is 13.8. The van der Waals surface area contributed by atoms with Gasteiger partial charge < -0.3 is 32.5 Å². The average molecular weight is 1150 g/mol. The van der Waals surface area contributed by atoms with Crippen molar-refractivity contribution in [3.63, 3.8) is 0 Å². The maximum Gasteiger partial charge on any atom is 1.00 e. The zero-order chi connectivity index (χ0) is 55.0. The van der Waals surface area contributed by atoms with Gasteiger partial charge in [0.25, 0.3) is 0 Å². The number of carbonyl (C=O) groups excluding carboxylic acids is 6. The number of Topliss-reactive ketones (excluding diaryl/α,β-unsaturated/α-hetero) is 3. The molecule has 3 aromatic heterocycles. The predicted octanol–water partition coefficient (Wildman–Crippen LogP) is -1.26. The standard InChI is InChI=1S/C14H16N2O2.C13H15F2O3.C11H14O3.C7H6N4O.C2H3F2O.2Na.2O3S/c17-12-10-3-9-4-11(12)7-14(5-9,6-10)13(18)16-2-1-15-8-16;14-10(15)6-18-12(17)13-3-7-1-8(4-13)11(16)9(2-7)5-13;12-9-7-1-6-2-8(9)5-11(3-6,4-7)10(13)14;12-7(10-3-1-8-5-10)11-4-2-9-6-11;3-2(4)1-5;;;2*1-4(2)3/h1-2,8-11H,3-7H2;7-9H,1-6H2;6-8H,1-5H2,(H,13,14);1-6H;5H,1H2;;;;/q;-1;;;-1;2*+1;;. The van der Waals surface area contributed by atoms with Gasteiger partial charge in [-0.1, -0.05) is 0 Å². The van der Waals surface area contributed by atoms with Crippen molar-refractivity contribution < 1.29 is 150 Å². The fraction of sp³-hybridized carbons (Fsp3) is 0.617. The van der Waals surface area contributed by atoms with Crippen LogP contribution in [0.3, 0.4) is 0 Å². The Labute approximate surface area is 486 Å². The molecule has 0 radical (unpaired) electrons. The van der Waals surface area contributed by atoms with Gasteiger partial charge in [-0.2, -0.15) is 0 Å². The topological polar surface area (TPSA) is 325 Å². The number of hydrogen-bond acceptors (Lipinski definition) is 18. The second-order valence-corrected chi connectivity index (χ2v) is 21.5. The van der Waals surface area contributed by atoms with Crippen LogP contribution in [0, 0.1) is 82.4 Å². The number of aliphatic hydroxyl groups excluding tert-OH is 1. The van der Waals surface area contributed by atoms with Gasteiger partial charge in [0.15, 0.2) is 0 Å². The third-order valence-electron chi connectivity index (χ3n) is 15.9. The van der Waals surface area contributed by atoms with Crippen LogP contribution >= 0.6 is 0 Å². The maximum atomic E-state index is 12.7. The van der Waals surface area contributed by atoms with E-state index in [2.05, 4.69) is 19.7 Å². The first-order valence-electron chi connectivity index (χ1n) is 23.9. The van der Waals surface area contributed by atoms with Crippen LogP contribution in [0.25, 0.3) is 0 Å². The van der Waals surface area contributed by atoms with Gasteiger partial charge in [0.1, 0.15) is 36.3 Å². The SMILES string of the molecule is O=C(n1ccnc1)n1ccnc1.O=C1C2CC3CC1CC(C(=O)O)(C3)C2.O=C1C2CC3CC1CC(C(=O)OC[C-](F)F)(C3)C2.O=C1C2CC3CC1CC(C(=O)n1ccnc1)(C3)C2.O=S(=O)=O.O=S(=O)=O.OC[C-](F)F.[Na+].[Na+]. The Balaban J connectivity index is 0.000000206. The molecule has 77 heavy (non-hydrogen) atoms. The number of aliphatic carboxylic acids is 1. The first-order valence-corrected chi connectivity index (χ1v) is 25.9. The molecule has 0 aliphatic heterocycles. The molecule has 22 nitrogen and oxygen atoms in total. The van der Waals surface area contributed by atoms with Gasteiger partial charge in [0.05, 0.1) is 16.2 Å². The number of carboxylic acid groups (broad SMARTS) is 1. The largest absolute Gasteiger partial charge is 1.00 e. The van der Waals surface area contributed by atoms with Crippen molar-refractivity contribution in [3.05, 3.63) is 69.0 Å². The molecule has 12 fully saturated rings. The molecule has 6 unspecified atom stereocenters. The number of imidazole rings is 3. The molecule has 30 heteroatoms. The van der Waals surface area contributed by atoms with E-state index in [0.717, 1.165) is 64.2 Å². The van der Waals surface area contributed by atoms with Gasteiger partial charge in [-0.15, -0.1) is 25.3 Å². The second kappa shape index (κ2) is 28.3. The summed E-state index contributed by atoms with van der Waals surface area (Å²) in [6.45, 7) is -2.02. The number of esters is 1. The Bertz CT molecular complexity index is 2660. The third-order valence-corrected chi connectivity index (χ3v) is 15.9. The van der Waals surface area contributed by atoms with Crippen molar-refractivity contribution >= 4 is 62.4 Å². The summed E-state index contributed by atoms with van der Waals surface area (Å²) in [5, 5.41) is 16.6. The number of carboxylic acids is 1. The van der Waals surface area contributed by atoms with Crippen molar-refractivity contribution in [2.75, 3.05) is 13.2 Å². The number of hydrogen-bond donors (Lipinski definition) is 2. The normalized spacial score (nSPS) is 31.2. The summed E-state index contributed by atoms with van der Waals surface area (Å²) in [5.74, 6) is 1.93. The Morgan fingerprint density at radius 3 is 1.14 bits per heavy atom. The van der Waals surface area contributed by atoms with E-state index in [4.69, 9.17) is 30.4 Å². The number of ketones is 3. The minimum Gasteiger partial charge on any atom is -0.493 e. The van der Waals surface area contributed by atoms with E-state index < -0.39 is 70.1 Å². The molecule has 12 saturated carbocycles. The van der Waals surface area contributed by atoms with Crippen molar-refractivity contribution in [3.8, 4) is 0 Å². The molecule has 0 aromatic carbocycles. The monoisotopic (exact) mass is 1140 g/mol. The van der Waals surface area contributed by atoms with Crippen molar-refractivity contribution in [2.24, 2.45) is 69.5 Å². The predicted molar refractivity (Wildman–Crippen MR) is 242 cm³/mol. The van der Waals surface area contributed by atoms with Gasteiger partial charge in [-0.25, -0.2) is 19.7 Å². The van der Waals surface area contributed by atoms with Gasteiger partial charge in [0.2, 0.25) is 5.91 Å². The van der Waals surface area contributed by atoms with E-state index >= 15 is 0 Å². The molecule has 0 saturated heterocycles. The molecular formula is C47H54F4N6Na2O16S2. The smallest absolute Gasteiger partial charge is 0.493 e. The fourth-order valence-corrected chi connectivity index (χ4v) is 13.8. The minimum absolute atomic E-state index is 0. The Kier molecular flexibility index (Phi) is 24.0. The Morgan fingerprint density at radius 1 is 0.545 bits per heavy atom. The van der Waals surface area contributed by atoms with Gasteiger partial charge in [-0.05, 0) is 121 Å². The van der Waals surface area contributed by atoms with E-state index in [-0.39, 0.29) is 118 Å². The summed E-state index contributed by atoms with van der Waals surface area (Å²) in [6.07, 6.45) is 22.3. The van der Waals surface area contributed by atoms with Crippen LogP contribution in [0.15, 0.2) is 56.2 Å². The van der Waals surface area contributed by atoms with Crippen LogP contribution in [0.2, 0.25) is 0 Å². The average Bonchev–Trinajstić information content (AvgIpc) is 4.19. The number of ether oxygens (including phenoxy) is 1. The zero-order valence-electron chi connectivity index (χ0n) is 42.0. The molecule has 0 amide bonds. The molecule has 6 atom stereocenters. The van der Waals surface area contributed by atoms with Crippen LogP contribution in [0.1, 0.15) is 101 Å². The minimum atomic E-state index is -3.11. The van der Waals surface area contributed by atoms with Gasteiger partial charge >= 0.3 is 98.3 Å². The number of nitrogens with zero attached hydrogens (tertiary/aromatic N) is 6. The number of aliphatic hydroxyl groups is 1. The molecule has 410 valence electrons. The molecule has 12 bridgehead atoms. The molecule has 3 heterocycles.